The normalized spacial score (nSPS) is 10.4. The van der Waals surface area contributed by atoms with E-state index in [1.54, 1.807) is 18.2 Å². The van der Waals surface area contributed by atoms with Crippen molar-refractivity contribution in [2.45, 2.75) is 0 Å². The molecule has 0 radical (unpaired) electrons. The minimum absolute atomic E-state index is 0.509. The maximum Gasteiger partial charge on any atom is 0.150 e. The topological polar surface area (TPSA) is 34.1 Å². The minimum Gasteiger partial charge on any atom is -0.298 e. The lowest BCUT2D eigenvalue weighted by Crippen LogP contribution is -1.96. The van der Waals surface area contributed by atoms with Gasteiger partial charge in [-0.05, 0) is 27.8 Å². The molecule has 4 aromatic rings. The van der Waals surface area contributed by atoms with Crippen molar-refractivity contribution in [1.29, 1.82) is 0 Å². The van der Waals surface area contributed by atoms with E-state index >= 15 is 0 Å². The van der Waals surface area contributed by atoms with E-state index in [0.29, 0.717) is 16.7 Å². The maximum atomic E-state index is 11.7. The predicted molar refractivity (Wildman–Crippen MR) is 114 cm³/mol. The third-order valence-corrected chi connectivity index (χ3v) is 4.88. The van der Waals surface area contributed by atoms with E-state index in [1.165, 1.54) is 0 Å². The van der Waals surface area contributed by atoms with Gasteiger partial charge in [0.25, 0.3) is 0 Å². The fourth-order valence-electron chi connectivity index (χ4n) is 3.62. The third kappa shape index (κ3) is 3.17. The lowest BCUT2D eigenvalue weighted by atomic mass is 9.86. The van der Waals surface area contributed by atoms with Crippen LogP contribution in [0.3, 0.4) is 0 Å². The Morgan fingerprint density at radius 3 is 1.46 bits per heavy atom. The van der Waals surface area contributed by atoms with Crippen LogP contribution in [0.2, 0.25) is 0 Å². The smallest absolute Gasteiger partial charge is 0.150 e. The molecule has 0 N–H and O–H groups in total. The summed E-state index contributed by atoms with van der Waals surface area (Å²) in [5.41, 5.74) is 6.82. The molecule has 0 unspecified atom stereocenters. The molecule has 0 spiro atoms. The summed E-state index contributed by atoms with van der Waals surface area (Å²) in [6.07, 6.45) is 1.62. The molecule has 4 aromatic carbocycles. The Morgan fingerprint density at radius 2 is 0.893 bits per heavy atom. The first kappa shape index (κ1) is 17.6. The standard InChI is InChI=1S/C26H18O2/c27-17-20-11-8-12-21(18-28)26(20)25-16-7-6-15-24(25)23-14-5-4-13-22(23)19-9-2-1-3-10-19/h1-18H. The van der Waals surface area contributed by atoms with Gasteiger partial charge in [-0.1, -0.05) is 97.1 Å². The highest BCUT2D eigenvalue weighted by atomic mass is 16.1. The van der Waals surface area contributed by atoms with Crippen LogP contribution in [0.5, 0.6) is 0 Å². The molecule has 0 aromatic heterocycles. The average Bonchev–Trinajstić information content (AvgIpc) is 2.79. The third-order valence-electron chi connectivity index (χ3n) is 4.88. The van der Waals surface area contributed by atoms with Gasteiger partial charge in [0.15, 0.2) is 12.6 Å². The highest BCUT2D eigenvalue weighted by Crippen LogP contribution is 2.39. The van der Waals surface area contributed by atoms with Crippen molar-refractivity contribution in [1.82, 2.24) is 0 Å². The first-order valence-electron chi connectivity index (χ1n) is 9.11. The Kier molecular flexibility index (Phi) is 4.94. The summed E-state index contributed by atoms with van der Waals surface area (Å²) in [5.74, 6) is 0. The zero-order valence-corrected chi connectivity index (χ0v) is 15.2. The predicted octanol–water partition coefficient (Wildman–Crippen LogP) is 6.31. The highest BCUT2D eigenvalue weighted by Gasteiger charge is 2.16. The van der Waals surface area contributed by atoms with Gasteiger partial charge in [-0.3, -0.25) is 9.59 Å². The number of aldehydes is 2. The van der Waals surface area contributed by atoms with Crippen molar-refractivity contribution in [3.63, 3.8) is 0 Å². The molecule has 0 aliphatic carbocycles. The van der Waals surface area contributed by atoms with Crippen LogP contribution in [0.4, 0.5) is 0 Å². The molecule has 0 saturated carbocycles. The van der Waals surface area contributed by atoms with Crippen molar-refractivity contribution in [3.05, 3.63) is 108 Å². The minimum atomic E-state index is 0.509. The van der Waals surface area contributed by atoms with E-state index in [4.69, 9.17) is 0 Å². The van der Waals surface area contributed by atoms with E-state index in [1.807, 2.05) is 54.6 Å². The average molecular weight is 362 g/mol. The van der Waals surface area contributed by atoms with Crippen LogP contribution < -0.4 is 0 Å². The van der Waals surface area contributed by atoms with Gasteiger partial charge in [0, 0.05) is 16.7 Å². The second kappa shape index (κ2) is 7.85. The zero-order chi connectivity index (χ0) is 19.3. The molecule has 0 aliphatic rings. The van der Waals surface area contributed by atoms with Gasteiger partial charge in [0.1, 0.15) is 0 Å². The summed E-state index contributed by atoms with van der Waals surface area (Å²) in [6.45, 7) is 0. The Morgan fingerprint density at radius 1 is 0.429 bits per heavy atom. The number of rotatable bonds is 5. The molecule has 2 nitrogen and oxygen atoms in total. The monoisotopic (exact) mass is 362 g/mol. The summed E-state index contributed by atoms with van der Waals surface area (Å²) < 4.78 is 0. The van der Waals surface area contributed by atoms with Crippen molar-refractivity contribution in [2.75, 3.05) is 0 Å². The molecule has 0 bridgehead atoms. The Hall–Kier alpha value is -3.78. The molecule has 0 heterocycles. The molecule has 2 heteroatoms. The van der Waals surface area contributed by atoms with E-state index in [9.17, 15) is 9.59 Å². The van der Waals surface area contributed by atoms with Gasteiger partial charge in [-0.15, -0.1) is 0 Å². The first-order chi connectivity index (χ1) is 13.8. The Bertz CT molecular complexity index is 1120. The fourth-order valence-corrected chi connectivity index (χ4v) is 3.62. The molecular weight excluding hydrogens is 344 g/mol. The molecular formula is C26H18O2. The van der Waals surface area contributed by atoms with Crippen LogP contribution in [-0.4, -0.2) is 12.6 Å². The van der Waals surface area contributed by atoms with Crippen LogP contribution in [0, 0.1) is 0 Å². The first-order valence-corrected chi connectivity index (χ1v) is 9.11. The number of hydrogen-bond donors (Lipinski definition) is 0. The number of hydrogen-bond acceptors (Lipinski definition) is 2. The molecule has 0 aliphatic heterocycles. The Balaban J connectivity index is 2.01. The number of benzene rings is 4. The van der Waals surface area contributed by atoms with E-state index < -0.39 is 0 Å². The van der Waals surface area contributed by atoms with E-state index in [-0.39, 0.29) is 0 Å². The zero-order valence-electron chi connectivity index (χ0n) is 15.2. The van der Waals surface area contributed by atoms with Crippen molar-refractivity contribution >= 4 is 12.6 Å². The summed E-state index contributed by atoms with van der Waals surface area (Å²) >= 11 is 0. The summed E-state index contributed by atoms with van der Waals surface area (Å²) in [6, 6.07) is 31.5. The summed E-state index contributed by atoms with van der Waals surface area (Å²) in [4.78, 5) is 23.4. The van der Waals surface area contributed by atoms with Crippen LogP contribution >= 0.6 is 0 Å². The van der Waals surface area contributed by atoms with E-state index in [2.05, 4.69) is 24.3 Å². The fraction of sp³-hybridized carbons (Fsp3) is 0. The molecule has 0 atom stereocenters. The lowest BCUT2D eigenvalue weighted by Gasteiger charge is -2.16. The van der Waals surface area contributed by atoms with Gasteiger partial charge < -0.3 is 0 Å². The summed E-state index contributed by atoms with van der Waals surface area (Å²) in [7, 11) is 0. The quantitative estimate of drug-likeness (QED) is 0.390. The van der Waals surface area contributed by atoms with Gasteiger partial charge in [-0.2, -0.15) is 0 Å². The van der Waals surface area contributed by atoms with Crippen LogP contribution in [-0.2, 0) is 0 Å². The van der Waals surface area contributed by atoms with Crippen LogP contribution in [0.25, 0.3) is 33.4 Å². The second-order valence-electron chi connectivity index (χ2n) is 6.50. The van der Waals surface area contributed by atoms with Crippen molar-refractivity contribution < 1.29 is 9.59 Å². The molecule has 0 fully saturated rings. The largest absolute Gasteiger partial charge is 0.298 e. The molecule has 28 heavy (non-hydrogen) atoms. The molecule has 0 saturated heterocycles. The van der Waals surface area contributed by atoms with Gasteiger partial charge in [0.05, 0.1) is 0 Å². The number of carbonyl (C=O) groups is 2. The van der Waals surface area contributed by atoms with E-state index in [0.717, 1.165) is 40.4 Å². The van der Waals surface area contributed by atoms with Crippen LogP contribution in [0.15, 0.2) is 97.1 Å². The second-order valence-corrected chi connectivity index (χ2v) is 6.50. The van der Waals surface area contributed by atoms with Gasteiger partial charge >= 0.3 is 0 Å². The van der Waals surface area contributed by atoms with Crippen LogP contribution in [0.1, 0.15) is 20.7 Å². The molecule has 134 valence electrons. The Labute approximate surface area is 164 Å². The van der Waals surface area contributed by atoms with Gasteiger partial charge in [-0.25, -0.2) is 0 Å². The highest BCUT2D eigenvalue weighted by molar-refractivity contribution is 6.02. The van der Waals surface area contributed by atoms with Crippen molar-refractivity contribution in [2.24, 2.45) is 0 Å². The SMILES string of the molecule is O=Cc1cccc(C=O)c1-c1ccccc1-c1ccccc1-c1ccccc1. The van der Waals surface area contributed by atoms with Gasteiger partial charge in [0.2, 0.25) is 0 Å². The summed E-state index contributed by atoms with van der Waals surface area (Å²) in [5, 5.41) is 0. The number of carbonyl (C=O) groups excluding carboxylic acids is 2. The van der Waals surface area contributed by atoms with Crippen molar-refractivity contribution in [3.8, 4) is 33.4 Å². The molecule has 0 amide bonds. The molecule has 4 rings (SSSR count). The lowest BCUT2D eigenvalue weighted by molar-refractivity contribution is 0.112. The maximum absolute atomic E-state index is 11.7.